The lowest BCUT2D eigenvalue weighted by Gasteiger charge is -2.16. The van der Waals surface area contributed by atoms with Gasteiger partial charge in [0.2, 0.25) is 0 Å². The Bertz CT molecular complexity index is 772. The zero-order chi connectivity index (χ0) is 17.6. The molecule has 0 aliphatic heterocycles. The maximum Gasteiger partial charge on any atom is 0.416 e. The average Bonchev–Trinajstić information content (AvgIpc) is 2.35. The number of nitrogens with zero attached hydrogens (tertiary/aromatic N) is 1. The molecule has 0 unspecified atom stereocenters. The third kappa shape index (κ3) is 3.49. The normalized spacial score (nSPS) is 12.5. The summed E-state index contributed by atoms with van der Waals surface area (Å²) in [6.45, 7) is 1.27. The van der Waals surface area contributed by atoms with E-state index in [4.69, 9.17) is 0 Å². The van der Waals surface area contributed by atoms with E-state index in [-0.39, 0.29) is 11.8 Å². The molecule has 2 rings (SSSR count). The first kappa shape index (κ1) is 16.9. The molecule has 0 atom stereocenters. The Labute approximate surface area is 125 Å². The number of hydrogen-bond donors (Lipinski definition) is 1. The van der Waals surface area contributed by atoms with Gasteiger partial charge in [0.05, 0.1) is 16.8 Å². The van der Waals surface area contributed by atoms with E-state index in [1.165, 1.54) is 6.92 Å². The van der Waals surface area contributed by atoms with Gasteiger partial charge in [0.1, 0.15) is 5.75 Å². The summed E-state index contributed by atoms with van der Waals surface area (Å²) >= 11 is 0. The highest BCUT2D eigenvalue weighted by Crippen LogP contribution is 2.37. The van der Waals surface area contributed by atoms with E-state index in [0.717, 1.165) is 6.07 Å². The molecule has 0 aliphatic carbocycles. The molecule has 2 aromatic rings. The molecular weight excluding hydrogens is 328 g/mol. The number of halogens is 6. The first-order chi connectivity index (χ1) is 10.4. The molecule has 0 spiro atoms. The number of rotatable bonds is 1. The standard InChI is InChI=1S/C14H9F6NO2/c1-7-2-11(22)6-12(23)21(7)10-4-8(13(15,16)17)3-9(5-10)14(18,19)20/h2-6,22H,1H3. The van der Waals surface area contributed by atoms with Crippen LogP contribution < -0.4 is 5.56 Å². The predicted molar refractivity (Wildman–Crippen MR) is 68.4 cm³/mol. The summed E-state index contributed by atoms with van der Waals surface area (Å²) in [7, 11) is 0. The summed E-state index contributed by atoms with van der Waals surface area (Å²) in [6, 6.07) is 2.61. The first-order valence-electron chi connectivity index (χ1n) is 6.12. The Morgan fingerprint density at radius 1 is 0.870 bits per heavy atom. The number of aromatic hydroxyl groups is 1. The number of benzene rings is 1. The molecule has 0 radical (unpaired) electrons. The van der Waals surface area contributed by atoms with Crippen LogP contribution in [-0.2, 0) is 12.4 Å². The fourth-order valence-corrected chi connectivity index (χ4v) is 2.08. The van der Waals surface area contributed by atoms with Crippen LogP contribution in [0.3, 0.4) is 0 Å². The average molecular weight is 337 g/mol. The van der Waals surface area contributed by atoms with E-state index in [0.29, 0.717) is 22.8 Å². The van der Waals surface area contributed by atoms with Crippen molar-refractivity contribution in [1.82, 2.24) is 4.57 Å². The van der Waals surface area contributed by atoms with Crippen molar-refractivity contribution in [3.8, 4) is 11.4 Å². The maximum absolute atomic E-state index is 12.8. The predicted octanol–water partition coefficient (Wildman–Crippen LogP) is 3.89. The zero-order valence-electron chi connectivity index (χ0n) is 11.5. The molecule has 0 amide bonds. The van der Waals surface area contributed by atoms with E-state index >= 15 is 0 Å². The summed E-state index contributed by atoms with van der Waals surface area (Å²) in [5.41, 5.74) is -4.60. The van der Waals surface area contributed by atoms with Crippen molar-refractivity contribution in [2.75, 3.05) is 0 Å². The lowest BCUT2D eigenvalue weighted by Crippen LogP contribution is -2.21. The fraction of sp³-hybridized carbons (Fsp3) is 0.214. The number of hydrogen-bond acceptors (Lipinski definition) is 2. The van der Waals surface area contributed by atoms with E-state index in [9.17, 15) is 36.2 Å². The Hall–Kier alpha value is -2.45. The highest BCUT2D eigenvalue weighted by Gasteiger charge is 2.37. The van der Waals surface area contributed by atoms with Crippen LogP contribution in [0.25, 0.3) is 5.69 Å². The highest BCUT2D eigenvalue weighted by atomic mass is 19.4. The smallest absolute Gasteiger partial charge is 0.416 e. The zero-order valence-corrected chi connectivity index (χ0v) is 11.5. The molecule has 1 aromatic carbocycles. The van der Waals surface area contributed by atoms with Crippen molar-refractivity contribution < 1.29 is 31.4 Å². The van der Waals surface area contributed by atoms with Crippen LogP contribution in [0.4, 0.5) is 26.3 Å². The topological polar surface area (TPSA) is 42.2 Å². The molecule has 0 saturated carbocycles. The molecule has 0 aliphatic rings. The van der Waals surface area contributed by atoms with Gasteiger partial charge in [-0.25, -0.2) is 0 Å². The Kier molecular flexibility index (Phi) is 3.91. The van der Waals surface area contributed by atoms with Gasteiger partial charge < -0.3 is 5.11 Å². The van der Waals surface area contributed by atoms with Gasteiger partial charge in [-0.15, -0.1) is 0 Å². The van der Waals surface area contributed by atoms with E-state index in [2.05, 4.69) is 0 Å². The van der Waals surface area contributed by atoms with Gasteiger partial charge in [-0.2, -0.15) is 26.3 Å². The van der Waals surface area contributed by atoms with E-state index < -0.39 is 40.5 Å². The van der Waals surface area contributed by atoms with Crippen molar-refractivity contribution in [2.24, 2.45) is 0 Å². The van der Waals surface area contributed by atoms with Crippen LogP contribution in [0, 0.1) is 6.92 Å². The fourth-order valence-electron chi connectivity index (χ4n) is 2.08. The van der Waals surface area contributed by atoms with Crippen LogP contribution >= 0.6 is 0 Å². The highest BCUT2D eigenvalue weighted by molar-refractivity contribution is 5.44. The van der Waals surface area contributed by atoms with Gasteiger partial charge in [0.15, 0.2) is 0 Å². The monoisotopic (exact) mass is 337 g/mol. The molecule has 1 N–H and O–H groups in total. The van der Waals surface area contributed by atoms with E-state index in [1.54, 1.807) is 0 Å². The SMILES string of the molecule is Cc1cc(O)cc(=O)n1-c1cc(C(F)(F)F)cc(C(F)(F)F)c1. The largest absolute Gasteiger partial charge is 0.508 e. The molecule has 124 valence electrons. The minimum Gasteiger partial charge on any atom is -0.508 e. The van der Waals surface area contributed by atoms with Gasteiger partial charge in [-0.1, -0.05) is 0 Å². The van der Waals surface area contributed by atoms with Crippen LogP contribution in [0.2, 0.25) is 0 Å². The summed E-state index contributed by atoms with van der Waals surface area (Å²) in [6.07, 6.45) is -10.0. The molecule has 9 heteroatoms. The second kappa shape index (κ2) is 5.32. The molecule has 1 heterocycles. The van der Waals surface area contributed by atoms with Gasteiger partial charge >= 0.3 is 12.4 Å². The van der Waals surface area contributed by atoms with Crippen molar-refractivity contribution >= 4 is 0 Å². The number of aromatic nitrogens is 1. The van der Waals surface area contributed by atoms with Gasteiger partial charge in [-0.05, 0) is 31.2 Å². The molecule has 0 bridgehead atoms. The van der Waals surface area contributed by atoms with Crippen molar-refractivity contribution in [1.29, 1.82) is 0 Å². The van der Waals surface area contributed by atoms with Crippen LogP contribution in [0.15, 0.2) is 35.1 Å². The molecule has 0 fully saturated rings. The van der Waals surface area contributed by atoms with Crippen molar-refractivity contribution in [3.63, 3.8) is 0 Å². The van der Waals surface area contributed by atoms with Crippen molar-refractivity contribution in [2.45, 2.75) is 19.3 Å². The molecule has 1 aromatic heterocycles. The molecule has 0 saturated heterocycles. The first-order valence-corrected chi connectivity index (χ1v) is 6.12. The summed E-state index contributed by atoms with van der Waals surface area (Å²) in [5, 5.41) is 9.26. The van der Waals surface area contributed by atoms with Crippen molar-refractivity contribution in [3.05, 3.63) is 57.5 Å². The molecule has 23 heavy (non-hydrogen) atoms. The number of alkyl halides is 6. The Morgan fingerprint density at radius 2 is 1.35 bits per heavy atom. The third-order valence-corrected chi connectivity index (χ3v) is 3.03. The van der Waals surface area contributed by atoms with Crippen LogP contribution in [0.1, 0.15) is 16.8 Å². The second-order valence-electron chi connectivity index (χ2n) is 4.79. The quantitative estimate of drug-likeness (QED) is 0.802. The van der Waals surface area contributed by atoms with E-state index in [1.807, 2.05) is 0 Å². The number of pyridine rings is 1. The summed E-state index contributed by atoms with van der Waals surface area (Å²) in [5.74, 6) is -0.438. The Balaban J connectivity index is 2.80. The van der Waals surface area contributed by atoms with Gasteiger partial charge in [0, 0.05) is 11.8 Å². The minimum atomic E-state index is -5.01. The van der Waals surface area contributed by atoms with Crippen LogP contribution in [-0.4, -0.2) is 9.67 Å². The second-order valence-corrected chi connectivity index (χ2v) is 4.79. The Morgan fingerprint density at radius 3 is 1.74 bits per heavy atom. The minimum absolute atomic E-state index is 0.0116. The molecule has 3 nitrogen and oxygen atoms in total. The lowest BCUT2D eigenvalue weighted by molar-refractivity contribution is -0.143. The van der Waals surface area contributed by atoms with Gasteiger partial charge in [0.25, 0.3) is 5.56 Å². The van der Waals surface area contributed by atoms with Crippen LogP contribution in [0.5, 0.6) is 5.75 Å². The molecular formula is C14H9F6NO2. The lowest BCUT2D eigenvalue weighted by atomic mass is 10.1. The van der Waals surface area contributed by atoms with Gasteiger partial charge in [-0.3, -0.25) is 9.36 Å². The maximum atomic E-state index is 12.8. The summed E-state index contributed by atoms with van der Waals surface area (Å²) in [4.78, 5) is 11.8. The number of aryl methyl sites for hydroxylation is 1. The third-order valence-electron chi connectivity index (χ3n) is 3.03. The summed E-state index contributed by atoms with van der Waals surface area (Å²) < 4.78 is 77.6.